The fraction of sp³-hybridized carbons (Fsp3) is 0.524. The number of benzene rings is 1. The number of carbonyl (C=O) groups is 2. The van der Waals surface area contributed by atoms with Crippen molar-refractivity contribution in [2.75, 3.05) is 12.8 Å². The number of hydrogen-bond donors (Lipinski definition) is 2. The monoisotopic (exact) mass is 428 g/mol. The number of aromatic nitrogens is 3. The van der Waals surface area contributed by atoms with E-state index >= 15 is 0 Å². The Labute approximate surface area is 180 Å². The fourth-order valence-corrected chi connectivity index (χ4v) is 5.67. The summed E-state index contributed by atoms with van der Waals surface area (Å²) in [7, 11) is 1.87. The van der Waals surface area contributed by atoms with Crippen molar-refractivity contribution < 1.29 is 9.59 Å². The van der Waals surface area contributed by atoms with E-state index < -0.39 is 0 Å². The van der Waals surface area contributed by atoms with Gasteiger partial charge < -0.3 is 15.5 Å². The Morgan fingerprint density at radius 3 is 2.83 bits per heavy atom. The van der Waals surface area contributed by atoms with Crippen molar-refractivity contribution in [3.63, 3.8) is 0 Å². The van der Waals surface area contributed by atoms with Crippen LogP contribution in [0, 0.1) is 0 Å². The van der Waals surface area contributed by atoms with Crippen molar-refractivity contribution in [1.82, 2.24) is 30.3 Å². The maximum absolute atomic E-state index is 12.7. The van der Waals surface area contributed by atoms with Gasteiger partial charge in [0.1, 0.15) is 12.7 Å². The van der Waals surface area contributed by atoms with E-state index in [9.17, 15) is 9.59 Å². The van der Waals surface area contributed by atoms with E-state index in [2.05, 4.69) is 20.7 Å². The van der Waals surface area contributed by atoms with Crippen LogP contribution in [0.3, 0.4) is 0 Å². The topological polar surface area (TPSA) is 92.2 Å². The van der Waals surface area contributed by atoms with Crippen LogP contribution >= 0.6 is 11.8 Å². The number of thioether (sulfide) groups is 1. The summed E-state index contributed by atoms with van der Waals surface area (Å²) < 4.78 is 1.71. The Morgan fingerprint density at radius 1 is 1.30 bits per heavy atom. The number of unbranched alkanes of at least 4 members (excludes halogenated alkanes) is 1. The highest BCUT2D eigenvalue weighted by Crippen LogP contribution is 2.33. The fourth-order valence-electron chi connectivity index (χ4n) is 4.13. The molecule has 4 atom stereocenters. The van der Waals surface area contributed by atoms with Gasteiger partial charge in [0.15, 0.2) is 0 Å². The molecule has 0 unspecified atom stereocenters. The number of nitrogens with one attached hydrogen (secondary N) is 2. The van der Waals surface area contributed by atoms with Crippen LogP contribution < -0.4 is 10.6 Å². The molecule has 2 aliphatic rings. The Hall–Kier alpha value is -2.55. The van der Waals surface area contributed by atoms with Crippen LogP contribution in [0.4, 0.5) is 4.79 Å². The molecule has 30 heavy (non-hydrogen) atoms. The summed E-state index contributed by atoms with van der Waals surface area (Å²) in [4.78, 5) is 29.9. The number of carbonyl (C=O) groups excluding carboxylic acids is 2. The van der Waals surface area contributed by atoms with E-state index in [0.29, 0.717) is 11.7 Å². The molecular formula is C21H28N6O2S. The van der Waals surface area contributed by atoms with Crippen LogP contribution in [-0.2, 0) is 4.79 Å². The molecule has 0 saturated carbocycles. The number of rotatable bonds is 8. The Balaban J connectivity index is 1.22. The quantitative estimate of drug-likeness (QED) is 0.498. The highest BCUT2D eigenvalue weighted by molar-refractivity contribution is 8.00. The van der Waals surface area contributed by atoms with E-state index in [1.54, 1.807) is 11.0 Å². The zero-order chi connectivity index (χ0) is 21.1. The molecule has 9 heteroatoms. The standard InChI is InChI=1S/C21H28N6O2S/c1-14(15-7-9-16(10-8-15)27-13-22-12-23-27)26(2)19(28)6-4-3-5-18-20-17(11-30-18)24-21(29)25-20/h7-10,12-14,17-18,20H,3-6,11H2,1-2H3,(H2,24,25,29)/t14-,17-,18-,20-/m0/s1. The van der Waals surface area contributed by atoms with Crippen LogP contribution in [0.2, 0.25) is 0 Å². The second-order valence-corrected chi connectivity index (χ2v) is 9.25. The minimum Gasteiger partial charge on any atom is -0.339 e. The van der Waals surface area contributed by atoms with Gasteiger partial charge in [0.25, 0.3) is 0 Å². The van der Waals surface area contributed by atoms with Gasteiger partial charge >= 0.3 is 6.03 Å². The van der Waals surface area contributed by atoms with Crippen LogP contribution in [0.5, 0.6) is 0 Å². The van der Waals surface area contributed by atoms with Gasteiger partial charge in [0.2, 0.25) is 5.91 Å². The molecule has 2 aliphatic heterocycles. The zero-order valence-corrected chi connectivity index (χ0v) is 18.1. The molecule has 4 rings (SSSR count). The van der Waals surface area contributed by atoms with Gasteiger partial charge in [0.05, 0.1) is 23.8 Å². The third-order valence-corrected chi connectivity index (χ3v) is 7.61. The van der Waals surface area contributed by atoms with Gasteiger partial charge in [-0.2, -0.15) is 16.9 Å². The minimum absolute atomic E-state index is 0.00761. The van der Waals surface area contributed by atoms with Crippen LogP contribution in [0.1, 0.15) is 44.2 Å². The predicted octanol–water partition coefficient (Wildman–Crippen LogP) is 2.51. The average Bonchev–Trinajstić information content (AvgIpc) is 3.48. The molecule has 0 radical (unpaired) electrons. The summed E-state index contributed by atoms with van der Waals surface area (Å²) in [6.45, 7) is 2.05. The van der Waals surface area contributed by atoms with Gasteiger partial charge in [-0.25, -0.2) is 14.5 Å². The highest BCUT2D eigenvalue weighted by Gasteiger charge is 2.42. The van der Waals surface area contributed by atoms with Crippen LogP contribution in [0.15, 0.2) is 36.9 Å². The lowest BCUT2D eigenvalue weighted by Gasteiger charge is -2.26. The van der Waals surface area contributed by atoms with Crippen molar-refractivity contribution >= 4 is 23.7 Å². The molecule has 2 N–H and O–H groups in total. The molecule has 2 aromatic rings. The predicted molar refractivity (Wildman–Crippen MR) is 117 cm³/mol. The number of hydrogen-bond acceptors (Lipinski definition) is 5. The number of nitrogens with zero attached hydrogens (tertiary/aromatic N) is 4. The van der Waals surface area contributed by atoms with E-state index in [1.807, 2.05) is 54.9 Å². The third kappa shape index (κ3) is 4.45. The van der Waals surface area contributed by atoms with Crippen molar-refractivity contribution in [3.05, 3.63) is 42.5 Å². The molecule has 2 saturated heterocycles. The SMILES string of the molecule is C[C@@H](c1ccc(-n2cncn2)cc1)N(C)C(=O)CCCC[C@@H]1SC[C@@H]2NC(=O)N[C@@H]21. The summed E-state index contributed by atoms with van der Waals surface area (Å²) >= 11 is 1.92. The summed E-state index contributed by atoms with van der Waals surface area (Å²) in [5.41, 5.74) is 2.03. The Kier molecular flexibility index (Phi) is 6.26. The normalized spacial score (nSPS) is 23.5. The molecule has 8 nitrogen and oxygen atoms in total. The first-order chi connectivity index (χ1) is 14.5. The molecule has 1 aromatic heterocycles. The Morgan fingerprint density at radius 2 is 2.10 bits per heavy atom. The number of amides is 3. The van der Waals surface area contributed by atoms with Gasteiger partial charge in [-0.05, 0) is 37.5 Å². The molecule has 3 amide bonds. The largest absolute Gasteiger partial charge is 0.339 e. The van der Waals surface area contributed by atoms with Gasteiger partial charge in [0, 0.05) is 24.5 Å². The van der Waals surface area contributed by atoms with Crippen LogP contribution in [0.25, 0.3) is 5.69 Å². The first-order valence-corrected chi connectivity index (χ1v) is 11.5. The Bertz CT molecular complexity index is 872. The molecule has 160 valence electrons. The number of fused-ring (bicyclic) bond motifs is 1. The van der Waals surface area contributed by atoms with Crippen molar-refractivity contribution in [2.45, 2.75) is 56.0 Å². The second kappa shape index (κ2) is 9.07. The van der Waals surface area contributed by atoms with Gasteiger partial charge in [-0.3, -0.25) is 4.79 Å². The first kappa shape index (κ1) is 20.7. The molecule has 0 aliphatic carbocycles. The van der Waals surface area contributed by atoms with Gasteiger partial charge in [-0.15, -0.1) is 0 Å². The molecule has 3 heterocycles. The maximum atomic E-state index is 12.7. The molecular weight excluding hydrogens is 400 g/mol. The zero-order valence-electron chi connectivity index (χ0n) is 17.3. The lowest BCUT2D eigenvalue weighted by atomic mass is 10.0. The highest BCUT2D eigenvalue weighted by atomic mass is 32.2. The van der Waals surface area contributed by atoms with Gasteiger partial charge in [-0.1, -0.05) is 18.6 Å². The molecule has 1 aromatic carbocycles. The molecule has 0 spiro atoms. The van der Waals surface area contributed by atoms with E-state index in [4.69, 9.17) is 0 Å². The molecule has 0 bridgehead atoms. The van der Waals surface area contributed by atoms with Crippen molar-refractivity contribution in [3.8, 4) is 5.69 Å². The second-order valence-electron chi connectivity index (χ2n) is 7.98. The summed E-state index contributed by atoms with van der Waals surface area (Å²) in [6, 6.07) is 8.50. The first-order valence-electron chi connectivity index (χ1n) is 10.4. The van der Waals surface area contributed by atoms with E-state index in [0.717, 1.165) is 36.3 Å². The minimum atomic E-state index is -0.0459. The maximum Gasteiger partial charge on any atom is 0.315 e. The summed E-state index contributed by atoms with van der Waals surface area (Å²) in [6.07, 6.45) is 6.62. The third-order valence-electron chi connectivity index (χ3n) is 6.10. The average molecular weight is 429 g/mol. The summed E-state index contributed by atoms with van der Waals surface area (Å²) in [5.74, 6) is 1.14. The van der Waals surface area contributed by atoms with Crippen LogP contribution in [-0.4, -0.2) is 61.7 Å². The number of urea groups is 1. The lowest BCUT2D eigenvalue weighted by Crippen LogP contribution is -2.36. The van der Waals surface area contributed by atoms with Crippen molar-refractivity contribution in [1.29, 1.82) is 0 Å². The summed E-state index contributed by atoms with van der Waals surface area (Å²) in [5, 5.41) is 10.6. The smallest absolute Gasteiger partial charge is 0.315 e. The van der Waals surface area contributed by atoms with E-state index in [1.165, 1.54) is 6.33 Å². The lowest BCUT2D eigenvalue weighted by molar-refractivity contribution is -0.131. The van der Waals surface area contributed by atoms with E-state index in [-0.39, 0.29) is 30.1 Å². The molecule has 2 fully saturated rings. The van der Waals surface area contributed by atoms with Crippen molar-refractivity contribution in [2.24, 2.45) is 0 Å².